The average Bonchev–Trinajstić information content (AvgIpc) is 2.93. The summed E-state index contributed by atoms with van der Waals surface area (Å²) in [4.78, 5) is 13.9. The zero-order valence-electron chi connectivity index (χ0n) is 11.5. The largest absolute Gasteiger partial charge is 0.396 e. The minimum atomic E-state index is -3.48. The van der Waals surface area contributed by atoms with Crippen LogP contribution in [0.25, 0.3) is 0 Å². The van der Waals surface area contributed by atoms with Crippen molar-refractivity contribution < 1.29 is 13.2 Å². The second-order valence-electron chi connectivity index (χ2n) is 4.93. The molecular weight excluding hydrogens is 298 g/mol. The number of hydrogen-bond acceptors (Lipinski definition) is 7. The number of thiophene rings is 1. The molecule has 1 aromatic heterocycles. The van der Waals surface area contributed by atoms with Gasteiger partial charge in [-0.3, -0.25) is 4.79 Å². The lowest BCUT2D eigenvalue weighted by molar-refractivity contribution is 0.102. The highest BCUT2D eigenvalue weighted by Crippen LogP contribution is 2.43. The third-order valence-corrected chi connectivity index (χ3v) is 6.70. The van der Waals surface area contributed by atoms with Crippen molar-refractivity contribution in [2.45, 2.75) is 31.2 Å². The molecule has 2 heterocycles. The van der Waals surface area contributed by atoms with Gasteiger partial charge in [-0.05, 0) is 6.42 Å². The Morgan fingerprint density at radius 2 is 2.15 bits per heavy atom. The zero-order valence-corrected chi connectivity index (χ0v) is 13.2. The van der Waals surface area contributed by atoms with Gasteiger partial charge in [0, 0.05) is 26.1 Å². The Balaban J connectivity index is 2.61. The Hall–Kier alpha value is -1.12. The Labute approximate surface area is 122 Å². The van der Waals surface area contributed by atoms with Crippen LogP contribution in [-0.2, 0) is 9.84 Å². The molecule has 2 rings (SSSR count). The molecule has 1 saturated heterocycles. The minimum absolute atomic E-state index is 0.0243. The summed E-state index contributed by atoms with van der Waals surface area (Å²) in [5.74, 6) is -0.257. The monoisotopic (exact) mass is 317 g/mol. The van der Waals surface area contributed by atoms with Crippen molar-refractivity contribution in [3.63, 3.8) is 0 Å². The fourth-order valence-electron chi connectivity index (χ4n) is 2.30. The molecule has 0 saturated carbocycles. The number of carbonyl (C=O) groups is 1. The van der Waals surface area contributed by atoms with E-state index < -0.39 is 9.84 Å². The van der Waals surface area contributed by atoms with Crippen molar-refractivity contribution in [2.75, 3.05) is 29.5 Å². The highest BCUT2D eigenvalue weighted by Gasteiger charge is 2.32. The number of nitrogen functional groups attached to an aromatic ring is 1. The molecule has 1 aliphatic rings. The summed E-state index contributed by atoms with van der Waals surface area (Å²) < 4.78 is 24.5. The first-order chi connectivity index (χ1) is 9.27. The standard InChI is InChI=1S/C12H19N3O3S2/c1-3-20(17,18)11-9(14)10(7(2)16)19-12(11)15-5-4-8(13)6-15/h8H,3-6,13-14H2,1-2H3. The van der Waals surface area contributed by atoms with Crippen molar-refractivity contribution in [3.8, 4) is 0 Å². The molecular formula is C12H19N3O3S2. The van der Waals surface area contributed by atoms with Crippen molar-refractivity contribution in [3.05, 3.63) is 4.88 Å². The van der Waals surface area contributed by atoms with Gasteiger partial charge in [0.05, 0.1) is 16.3 Å². The number of hydrogen-bond donors (Lipinski definition) is 2. The highest BCUT2D eigenvalue weighted by molar-refractivity contribution is 7.92. The average molecular weight is 317 g/mol. The molecule has 0 radical (unpaired) electrons. The molecule has 0 bridgehead atoms. The lowest BCUT2D eigenvalue weighted by Crippen LogP contribution is -2.26. The Bertz CT molecular complexity index is 637. The molecule has 4 N–H and O–H groups in total. The van der Waals surface area contributed by atoms with Gasteiger partial charge in [0.1, 0.15) is 9.90 Å². The van der Waals surface area contributed by atoms with Crippen LogP contribution >= 0.6 is 11.3 Å². The molecule has 0 aliphatic carbocycles. The normalized spacial score (nSPS) is 19.6. The first-order valence-corrected chi connectivity index (χ1v) is 8.91. The van der Waals surface area contributed by atoms with Crippen LogP contribution in [-0.4, -0.2) is 39.1 Å². The number of nitrogens with two attached hydrogens (primary N) is 2. The minimum Gasteiger partial charge on any atom is -0.396 e. The van der Waals surface area contributed by atoms with Gasteiger partial charge >= 0.3 is 0 Å². The summed E-state index contributed by atoms with van der Waals surface area (Å²) in [5.41, 5.74) is 11.9. The number of ketones is 1. The second kappa shape index (κ2) is 5.34. The number of rotatable bonds is 4. The maximum Gasteiger partial charge on any atom is 0.183 e. The molecule has 0 aromatic carbocycles. The zero-order chi connectivity index (χ0) is 15.1. The predicted octanol–water partition coefficient (Wildman–Crippen LogP) is 0.864. The maximum atomic E-state index is 12.3. The Morgan fingerprint density at radius 1 is 1.50 bits per heavy atom. The molecule has 20 heavy (non-hydrogen) atoms. The molecule has 1 atom stereocenters. The molecule has 1 fully saturated rings. The lowest BCUT2D eigenvalue weighted by atomic mass is 10.3. The van der Waals surface area contributed by atoms with Crippen molar-refractivity contribution in [1.29, 1.82) is 0 Å². The van der Waals surface area contributed by atoms with Crippen molar-refractivity contribution >= 4 is 37.6 Å². The van der Waals surface area contributed by atoms with Crippen LogP contribution in [0.2, 0.25) is 0 Å². The number of sulfone groups is 1. The van der Waals surface area contributed by atoms with E-state index in [0.29, 0.717) is 23.0 Å². The first kappa shape index (κ1) is 15.3. The topological polar surface area (TPSA) is 106 Å². The molecule has 112 valence electrons. The van der Waals surface area contributed by atoms with Gasteiger partial charge in [-0.15, -0.1) is 11.3 Å². The number of nitrogens with zero attached hydrogens (tertiary/aromatic N) is 1. The second-order valence-corrected chi connectivity index (χ2v) is 8.15. The first-order valence-electron chi connectivity index (χ1n) is 6.44. The van der Waals surface area contributed by atoms with E-state index in [1.54, 1.807) is 6.92 Å². The van der Waals surface area contributed by atoms with Gasteiger partial charge in [0.2, 0.25) is 0 Å². The molecule has 1 unspecified atom stereocenters. The van der Waals surface area contributed by atoms with Crippen molar-refractivity contribution in [1.82, 2.24) is 0 Å². The van der Waals surface area contributed by atoms with Crippen LogP contribution in [0.5, 0.6) is 0 Å². The van der Waals surface area contributed by atoms with Crippen LogP contribution in [0.1, 0.15) is 29.9 Å². The lowest BCUT2D eigenvalue weighted by Gasteiger charge is -2.17. The van der Waals surface area contributed by atoms with Crippen LogP contribution in [0, 0.1) is 0 Å². The van der Waals surface area contributed by atoms with Gasteiger partial charge in [-0.25, -0.2) is 8.42 Å². The fourth-order valence-corrected chi connectivity index (χ4v) is 5.04. The van der Waals surface area contributed by atoms with E-state index in [-0.39, 0.29) is 28.2 Å². The number of carbonyl (C=O) groups excluding carboxylic acids is 1. The van der Waals surface area contributed by atoms with Gasteiger partial charge in [0.25, 0.3) is 0 Å². The predicted molar refractivity (Wildman–Crippen MR) is 81.3 cm³/mol. The quantitative estimate of drug-likeness (QED) is 0.798. The molecule has 8 heteroatoms. The van der Waals surface area contributed by atoms with Crippen LogP contribution in [0.4, 0.5) is 10.7 Å². The molecule has 1 aromatic rings. The van der Waals surface area contributed by atoms with Crippen LogP contribution in [0.3, 0.4) is 0 Å². The summed E-state index contributed by atoms with van der Waals surface area (Å²) in [6, 6.07) is 0.0243. The van der Waals surface area contributed by atoms with Gasteiger partial charge in [-0.2, -0.15) is 0 Å². The van der Waals surface area contributed by atoms with E-state index >= 15 is 0 Å². The van der Waals surface area contributed by atoms with E-state index in [2.05, 4.69) is 0 Å². The molecule has 6 nitrogen and oxygen atoms in total. The molecule has 1 aliphatic heterocycles. The molecule has 0 spiro atoms. The van der Waals surface area contributed by atoms with E-state index in [4.69, 9.17) is 11.5 Å². The van der Waals surface area contributed by atoms with E-state index in [1.165, 1.54) is 6.92 Å². The van der Waals surface area contributed by atoms with Gasteiger partial charge in [-0.1, -0.05) is 6.92 Å². The number of anilines is 2. The van der Waals surface area contributed by atoms with Crippen molar-refractivity contribution in [2.24, 2.45) is 5.73 Å². The van der Waals surface area contributed by atoms with Crippen LogP contribution < -0.4 is 16.4 Å². The molecule has 0 amide bonds. The van der Waals surface area contributed by atoms with E-state index in [9.17, 15) is 13.2 Å². The summed E-state index contributed by atoms with van der Waals surface area (Å²) >= 11 is 1.15. The van der Waals surface area contributed by atoms with Crippen LogP contribution in [0.15, 0.2) is 4.90 Å². The van der Waals surface area contributed by atoms with E-state index in [0.717, 1.165) is 17.8 Å². The third kappa shape index (κ3) is 2.55. The SMILES string of the molecule is CCS(=O)(=O)c1c(N2CCC(N)C2)sc(C(C)=O)c1N. The smallest absolute Gasteiger partial charge is 0.183 e. The number of Topliss-reactive ketones (excluding diaryl/α,β-unsaturated/α-hetero) is 1. The van der Waals surface area contributed by atoms with E-state index in [1.807, 2.05) is 4.90 Å². The maximum absolute atomic E-state index is 12.3. The summed E-state index contributed by atoms with van der Waals surface area (Å²) in [7, 11) is -3.48. The Kier molecular flexibility index (Phi) is 4.08. The highest BCUT2D eigenvalue weighted by atomic mass is 32.2. The summed E-state index contributed by atoms with van der Waals surface area (Å²) in [6.07, 6.45) is 0.804. The summed E-state index contributed by atoms with van der Waals surface area (Å²) in [6.45, 7) is 4.23. The fraction of sp³-hybridized carbons (Fsp3) is 0.583. The Morgan fingerprint density at radius 3 is 2.60 bits per heavy atom. The van der Waals surface area contributed by atoms with Gasteiger partial charge in [0.15, 0.2) is 15.6 Å². The summed E-state index contributed by atoms with van der Waals surface area (Å²) in [5, 5.41) is 0.558. The third-order valence-electron chi connectivity index (χ3n) is 3.40. The van der Waals surface area contributed by atoms with Gasteiger partial charge < -0.3 is 16.4 Å².